The van der Waals surface area contributed by atoms with Crippen molar-refractivity contribution in [2.24, 2.45) is 5.73 Å². The second-order valence-corrected chi connectivity index (χ2v) is 11.2. The van der Waals surface area contributed by atoms with E-state index in [1.165, 1.54) is 19.2 Å². The van der Waals surface area contributed by atoms with Gasteiger partial charge in [-0.25, -0.2) is 0 Å². The standard InChI is InChI=1S/C29H33NO11/c1-12-23(31)15(30)9-18(40-12)41-17-11-29(36,28(2)38-7-8-39-28)10-14-20(17)27(35)22-21(25(14)33)24(32)13-5-4-6-16(37-3)19(13)26(22)34/h4-6,12,15,17-18,23,31,33,35-36H,7-11,30H2,1-3H3/t12-,15-,17-,18-,23+,29-/m0/s1. The fourth-order valence-electron chi connectivity index (χ4n) is 6.52. The maximum absolute atomic E-state index is 13.8. The summed E-state index contributed by atoms with van der Waals surface area (Å²) in [5.41, 5.74) is 3.59. The number of benzene rings is 2. The molecule has 0 radical (unpaired) electrons. The number of nitrogens with two attached hydrogens (primary N) is 1. The number of aromatic hydroxyl groups is 2. The summed E-state index contributed by atoms with van der Waals surface area (Å²) in [7, 11) is 1.36. The molecule has 2 heterocycles. The molecule has 2 aliphatic carbocycles. The molecule has 0 amide bonds. The van der Waals surface area contributed by atoms with Gasteiger partial charge in [-0.1, -0.05) is 12.1 Å². The minimum Gasteiger partial charge on any atom is -0.507 e. The van der Waals surface area contributed by atoms with Gasteiger partial charge in [-0.15, -0.1) is 0 Å². The molecule has 2 saturated heterocycles. The minimum atomic E-state index is -1.79. The predicted octanol–water partition coefficient (Wildman–Crippen LogP) is 1.20. The first kappa shape index (κ1) is 28.0. The number of ketones is 2. The summed E-state index contributed by atoms with van der Waals surface area (Å²) in [4.78, 5) is 27.5. The maximum atomic E-state index is 13.8. The number of ether oxygens (including phenoxy) is 5. The number of fused-ring (bicyclic) bond motifs is 3. The Morgan fingerprint density at radius 3 is 2.39 bits per heavy atom. The van der Waals surface area contributed by atoms with Crippen molar-refractivity contribution in [2.75, 3.05) is 20.3 Å². The van der Waals surface area contributed by atoms with Crippen LogP contribution in [0.2, 0.25) is 0 Å². The topological polar surface area (TPSA) is 187 Å². The zero-order valence-corrected chi connectivity index (χ0v) is 22.9. The highest BCUT2D eigenvalue weighted by molar-refractivity contribution is 6.31. The molecular weight excluding hydrogens is 538 g/mol. The average molecular weight is 572 g/mol. The molecule has 12 nitrogen and oxygen atoms in total. The number of phenolic OH excluding ortho intramolecular Hbond substituents is 2. The van der Waals surface area contributed by atoms with Crippen LogP contribution in [-0.4, -0.2) is 88.2 Å². The Morgan fingerprint density at radius 2 is 1.73 bits per heavy atom. The van der Waals surface area contributed by atoms with Gasteiger partial charge < -0.3 is 49.8 Å². The zero-order valence-electron chi connectivity index (χ0n) is 22.9. The fraction of sp³-hybridized carbons (Fsp3) is 0.517. The Hall–Kier alpha value is -3.10. The number of aliphatic hydroxyl groups is 2. The molecule has 0 bridgehead atoms. The van der Waals surface area contributed by atoms with Crippen LogP contribution in [0.3, 0.4) is 0 Å². The number of phenols is 2. The van der Waals surface area contributed by atoms with Crippen molar-refractivity contribution < 1.29 is 53.7 Å². The number of carbonyl (C=O) groups is 2. The second kappa shape index (κ2) is 9.73. The molecule has 0 unspecified atom stereocenters. The molecule has 0 saturated carbocycles. The summed E-state index contributed by atoms with van der Waals surface area (Å²) >= 11 is 0. The van der Waals surface area contributed by atoms with E-state index in [4.69, 9.17) is 29.4 Å². The molecule has 6 atom stereocenters. The van der Waals surface area contributed by atoms with E-state index < -0.39 is 65.1 Å². The lowest BCUT2D eigenvalue weighted by atomic mass is 9.70. The molecule has 2 aromatic rings. The third-order valence-corrected chi connectivity index (χ3v) is 8.83. The lowest BCUT2D eigenvalue weighted by Crippen LogP contribution is -2.58. The van der Waals surface area contributed by atoms with Gasteiger partial charge in [0, 0.05) is 42.0 Å². The van der Waals surface area contributed by atoms with E-state index in [2.05, 4.69) is 0 Å². The fourth-order valence-corrected chi connectivity index (χ4v) is 6.52. The molecule has 220 valence electrons. The van der Waals surface area contributed by atoms with Gasteiger partial charge in [0.25, 0.3) is 0 Å². The van der Waals surface area contributed by atoms with E-state index in [0.29, 0.717) is 0 Å². The van der Waals surface area contributed by atoms with Crippen molar-refractivity contribution in [3.63, 3.8) is 0 Å². The molecule has 2 fully saturated rings. The molecule has 12 heteroatoms. The first-order chi connectivity index (χ1) is 19.4. The number of carbonyl (C=O) groups excluding carboxylic acids is 2. The molecule has 6 rings (SSSR count). The highest BCUT2D eigenvalue weighted by Gasteiger charge is 2.57. The zero-order chi connectivity index (χ0) is 29.4. The molecule has 0 aromatic heterocycles. The van der Waals surface area contributed by atoms with Crippen LogP contribution in [-0.2, 0) is 25.4 Å². The molecular formula is C29H33NO11. The molecule has 0 spiro atoms. The number of rotatable bonds is 4. The van der Waals surface area contributed by atoms with E-state index in [-0.39, 0.29) is 71.6 Å². The van der Waals surface area contributed by atoms with Gasteiger partial charge in [0.05, 0.1) is 55.3 Å². The van der Waals surface area contributed by atoms with Crippen molar-refractivity contribution in [3.8, 4) is 17.2 Å². The van der Waals surface area contributed by atoms with E-state index in [1.54, 1.807) is 19.9 Å². The summed E-state index contributed by atoms with van der Waals surface area (Å²) < 4.78 is 29.0. The van der Waals surface area contributed by atoms with E-state index in [1.807, 2.05) is 0 Å². The van der Waals surface area contributed by atoms with Crippen molar-refractivity contribution in [3.05, 3.63) is 51.6 Å². The molecule has 2 aromatic carbocycles. The van der Waals surface area contributed by atoms with Crippen LogP contribution < -0.4 is 10.5 Å². The van der Waals surface area contributed by atoms with Crippen LogP contribution in [0.1, 0.15) is 75.8 Å². The molecule has 41 heavy (non-hydrogen) atoms. The Kier molecular flexibility index (Phi) is 6.66. The quantitative estimate of drug-likeness (QED) is 0.282. The number of aliphatic hydroxyl groups excluding tert-OH is 1. The predicted molar refractivity (Wildman–Crippen MR) is 140 cm³/mol. The second-order valence-electron chi connectivity index (χ2n) is 11.2. The first-order valence-corrected chi connectivity index (χ1v) is 13.5. The van der Waals surface area contributed by atoms with Crippen molar-refractivity contribution in [2.45, 2.75) is 75.1 Å². The minimum absolute atomic E-state index is 0.0148. The lowest BCUT2D eigenvalue weighted by molar-refractivity contribution is -0.287. The van der Waals surface area contributed by atoms with Crippen molar-refractivity contribution in [1.82, 2.24) is 0 Å². The van der Waals surface area contributed by atoms with Crippen LogP contribution >= 0.6 is 0 Å². The summed E-state index contributed by atoms with van der Waals surface area (Å²) in [6.45, 7) is 3.65. The van der Waals surface area contributed by atoms with Gasteiger partial charge in [-0.3, -0.25) is 9.59 Å². The van der Waals surface area contributed by atoms with Crippen LogP contribution in [0.25, 0.3) is 0 Å². The lowest BCUT2D eigenvalue weighted by Gasteiger charge is -2.47. The maximum Gasteiger partial charge on any atom is 0.202 e. The Labute approximate surface area is 235 Å². The summed E-state index contributed by atoms with van der Waals surface area (Å²) in [6, 6.07) is 3.85. The number of hydrogen-bond acceptors (Lipinski definition) is 12. The van der Waals surface area contributed by atoms with Gasteiger partial charge in [0.15, 0.2) is 17.9 Å². The monoisotopic (exact) mass is 571 g/mol. The van der Waals surface area contributed by atoms with Gasteiger partial charge in [0.1, 0.15) is 22.8 Å². The van der Waals surface area contributed by atoms with Crippen molar-refractivity contribution in [1.29, 1.82) is 0 Å². The smallest absolute Gasteiger partial charge is 0.202 e. The highest BCUT2D eigenvalue weighted by atomic mass is 16.7. The third kappa shape index (κ3) is 4.08. The summed E-state index contributed by atoms with van der Waals surface area (Å²) in [5.74, 6) is -3.86. The van der Waals surface area contributed by atoms with Crippen molar-refractivity contribution >= 4 is 11.6 Å². The number of methoxy groups -OCH3 is 1. The summed E-state index contributed by atoms with van der Waals surface area (Å²) in [6.07, 6.45) is -4.08. The van der Waals surface area contributed by atoms with E-state index in [9.17, 15) is 30.0 Å². The first-order valence-electron chi connectivity index (χ1n) is 13.5. The largest absolute Gasteiger partial charge is 0.507 e. The SMILES string of the molecule is COc1cccc2c1C(=O)c1c(O)c3c(c(O)c1C2=O)C[C@@](O)(C1(C)OCCO1)C[C@@H]3O[C@H]1C[C@H](N)[C@H](O)[C@H](C)O1. The molecule has 6 N–H and O–H groups in total. The third-order valence-electron chi connectivity index (χ3n) is 8.83. The van der Waals surface area contributed by atoms with Crippen LogP contribution in [0.5, 0.6) is 17.2 Å². The van der Waals surface area contributed by atoms with Gasteiger partial charge >= 0.3 is 0 Å². The average Bonchev–Trinajstić information content (AvgIpc) is 3.40. The highest BCUT2D eigenvalue weighted by Crippen LogP contribution is 2.55. The molecule has 2 aliphatic heterocycles. The van der Waals surface area contributed by atoms with Gasteiger partial charge in [0.2, 0.25) is 5.78 Å². The van der Waals surface area contributed by atoms with E-state index >= 15 is 0 Å². The van der Waals surface area contributed by atoms with Crippen LogP contribution in [0, 0.1) is 0 Å². The Bertz CT molecular complexity index is 1420. The summed E-state index contributed by atoms with van der Waals surface area (Å²) in [5, 5.41) is 45.5. The van der Waals surface area contributed by atoms with Gasteiger partial charge in [-0.05, 0) is 19.9 Å². The van der Waals surface area contributed by atoms with E-state index in [0.717, 1.165) is 0 Å². The number of hydrogen-bond donors (Lipinski definition) is 5. The Balaban J connectivity index is 1.52. The normalized spacial score (nSPS) is 32.3. The molecule has 4 aliphatic rings. The van der Waals surface area contributed by atoms with Crippen LogP contribution in [0.4, 0.5) is 0 Å². The van der Waals surface area contributed by atoms with Gasteiger partial charge in [-0.2, -0.15) is 0 Å². The van der Waals surface area contributed by atoms with Crippen LogP contribution in [0.15, 0.2) is 18.2 Å². The Morgan fingerprint density at radius 1 is 1.05 bits per heavy atom.